The lowest BCUT2D eigenvalue weighted by molar-refractivity contribution is -0.683. The van der Waals surface area contributed by atoms with Gasteiger partial charge in [-0.3, -0.25) is 0 Å². The fourth-order valence-electron chi connectivity index (χ4n) is 3.96. The number of hydrogen-bond acceptors (Lipinski definition) is 1. The second-order valence-electron chi connectivity index (χ2n) is 8.23. The number of nitrogens with zero attached hydrogens (tertiary/aromatic N) is 3. The largest absolute Gasteiger partial charge is 0.238 e. The van der Waals surface area contributed by atoms with Gasteiger partial charge in [-0.2, -0.15) is 9.94 Å². The quantitative estimate of drug-likeness (QED) is 0.540. The molecule has 28 heavy (non-hydrogen) atoms. The minimum absolute atomic E-state index is 0.457. The zero-order chi connectivity index (χ0) is 20.6. The summed E-state index contributed by atoms with van der Waals surface area (Å²) in [7, 11) is 2.10. The average Bonchev–Trinajstić information content (AvgIpc) is 2.95. The molecule has 0 aliphatic heterocycles. The summed E-state index contributed by atoms with van der Waals surface area (Å²) in [6.45, 7) is 13.3. The molecular formula is C25H30N3+. The van der Waals surface area contributed by atoms with E-state index in [9.17, 15) is 5.26 Å². The maximum Gasteiger partial charge on any atom is 0.238 e. The van der Waals surface area contributed by atoms with Crippen LogP contribution in [0.4, 0.5) is 0 Å². The van der Waals surface area contributed by atoms with Crippen LogP contribution in [0.3, 0.4) is 0 Å². The lowest BCUT2D eigenvalue weighted by Gasteiger charge is -2.18. The van der Waals surface area contributed by atoms with Gasteiger partial charge in [-0.15, -0.1) is 0 Å². The highest BCUT2D eigenvalue weighted by Gasteiger charge is 2.25. The fourth-order valence-corrected chi connectivity index (χ4v) is 3.96. The van der Waals surface area contributed by atoms with Crippen LogP contribution in [-0.4, -0.2) is 4.68 Å². The lowest BCUT2D eigenvalue weighted by Crippen LogP contribution is -2.39. The first-order valence-electron chi connectivity index (χ1n) is 9.98. The van der Waals surface area contributed by atoms with E-state index in [0.717, 1.165) is 11.3 Å². The van der Waals surface area contributed by atoms with Crippen molar-refractivity contribution >= 4 is 0 Å². The zero-order valence-electron chi connectivity index (χ0n) is 18.0. The summed E-state index contributed by atoms with van der Waals surface area (Å²) < 4.78 is 4.40. The van der Waals surface area contributed by atoms with Gasteiger partial charge in [0.25, 0.3) is 0 Å². The van der Waals surface area contributed by atoms with Crippen LogP contribution in [0.5, 0.6) is 0 Å². The van der Waals surface area contributed by atoms with E-state index in [2.05, 4.69) is 88.4 Å². The summed E-state index contributed by atoms with van der Waals surface area (Å²) in [4.78, 5) is 0. The average molecular weight is 373 g/mol. The van der Waals surface area contributed by atoms with Crippen LogP contribution in [0.25, 0.3) is 16.8 Å². The summed E-state index contributed by atoms with van der Waals surface area (Å²) in [5.74, 6) is 0.914. The van der Waals surface area contributed by atoms with Crippen LogP contribution in [0.1, 0.15) is 67.5 Å². The summed E-state index contributed by atoms with van der Waals surface area (Å²) in [5.41, 5.74) is 9.55. The van der Waals surface area contributed by atoms with E-state index < -0.39 is 0 Å². The first-order valence-corrected chi connectivity index (χ1v) is 9.98. The minimum atomic E-state index is 0.457. The molecule has 0 saturated heterocycles. The Labute approximate surface area is 168 Å². The van der Waals surface area contributed by atoms with Crippen molar-refractivity contribution in [1.29, 1.82) is 5.26 Å². The van der Waals surface area contributed by atoms with E-state index >= 15 is 0 Å². The Balaban J connectivity index is 2.28. The molecule has 0 saturated carbocycles. The van der Waals surface area contributed by atoms with Crippen molar-refractivity contribution in [3.05, 3.63) is 70.5 Å². The highest BCUT2D eigenvalue weighted by molar-refractivity contribution is 5.73. The molecule has 3 nitrogen and oxygen atoms in total. The molecule has 0 bridgehead atoms. The molecule has 144 valence electrons. The van der Waals surface area contributed by atoms with Crippen molar-refractivity contribution in [2.45, 2.75) is 53.4 Å². The van der Waals surface area contributed by atoms with Gasteiger partial charge in [0.2, 0.25) is 11.9 Å². The molecule has 0 N–H and O–H groups in total. The van der Waals surface area contributed by atoms with Crippen molar-refractivity contribution < 1.29 is 4.68 Å². The van der Waals surface area contributed by atoms with Gasteiger partial charge in [0.1, 0.15) is 0 Å². The summed E-state index contributed by atoms with van der Waals surface area (Å²) in [5, 5.41) is 9.18. The van der Waals surface area contributed by atoms with Gasteiger partial charge in [-0.05, 0) is 54.5 Å². The second-order valence-corrected chi connectivity index (χ2v) is 8.23. The third-order valence-corrected chi connectivity index (χ3v) is 5.66. The molecule has 0 aliphatic carbocycles. The van der Waals surface area contributed by atoms with Crippen LogP contribution in [0.15, 0.2) is 42.6 Å². The molecular weight excluding hydrogens is 342 g/mol. The van der Waals surface area contributed by atoms with Gasteiger partial charge in [0.05, 0.1) is 29.9 Å². The van der Waals surface area contributed by atoms with Crippen LogP contribution in [0.2, 0.25) is 0 Å². The number of aromatic nitrogens is 2. The third-order valence-electron chi connectivity index (χ3n) is 5.66. The molecule has 1 heterocycles. The van der Waals surface area contributed by atoms with Crippen LogP contribution in [0, 0.1) is 25.2 Å². The standard InChI is InChI=1S/C25H30N3/c1-16(2)21-9-8-10-22(17(3)4)25(21)23-15-28(27(7)19(23)6)24-12-11-20(14-26)13-18(24)5/h8-13,15-17H,1-7H3/q+1. The molecule has 0 spiro atoms. The summed E-state index contributed by atoms with van der Waals surface area (Å²) in [6.07, 6.45) is 2.25. The van der Waals surface area contributed by atoms with Gasteiger partial charge in [0.15, 0.2) is 0 Å². The third kappa shape index (κ3) is 3.36. The number of nitriles is 1. The molecule has 0 unspecified atom stereocenters. The van der Waals surface area contributed by atoms with Gasteiger partial charge in [0, 0.05) is 11.6 Å². The van der Waals surface area contributed by atoms with Crippen molar-refractivity contribution in [2.24, 2.45) is 7.05 Å². The molecule has 0 radical (unpaired) electrons. The molecule has 2 aromatic carbocycles. The minimum Gasteiger partial charge on any atom is -0.192 e. The van der Waals surface area contributed by atoms with E-state index in [0.29, 0.717) is 17.4 Å². The lowest BCUT2D eigenvalue weighted by atomic mass is 9.85. The molecule has 0 fully saturated rings. The SMILES string of the molecule is Cc1cc(C#N)ccc1-[n+]1cc(-c2c(C(C)C)cccc2C(C)C)c(C)n1C. The predicted molar refractivity (Wildman–Crippen MR) is 115 cm³/mol. The normalized spacial score (nSPS) is 11.3. The molecule has 0 atom stereocenters. The Morgan fingerprint density at radius 1 is 0.964 bits per heavy atom. The molecule has 3 heteroatoms. The monoisotopic (exact) mass is 372 g/mol. The molecule has 3 rings (SSSR count). The van der Waals surface area contributed by atoms with Crippen LogP contribution >= 0.6 is 0 Å². The first-order chi connectivity index (χ1) is 13.3. The van der Waals surface area contributed by atoms with Crippen LogP contribution < -0.4 is 4.68 Å². The first kappa shape index (κ1) is 19.9. The highest BCUT2D eigenvalue weighted by Crippen LogP contribution is 2.37. The Kier molecular flexibility index (Phi) is 5.42. The van der Waals surface area contributed by atoms with E-state index in [-0.39, 0.29) is 0 Å². The second kappa shape index (κ2) is 7.64. The fraction of sp³-hybridized carbons (Fsp3) is 0.360. The smallest absolute Gasteiger partial charge is 0.192 e. The predicted octanol–water partition coefficient (Wildman–Crippen LogP) is 5.70. The van der Waals surface area contributed by atoms with Gasteiger partial charge in [-0.25, -0.2) is 0 Å². The zero-order valence-corrected chi connectivity index (χ0v) is 18.0. The summed E-state index contributed by atoms with van der Waals surface area (Å²) >= 11 is 0. The Morgan fingerprint density at radius 2 is 1.57 bits per heavy atom. The van der Waals surface area contributed by atoms with E-state index in [4.69, 9.17) is 0 Å². The van der Waals surface area contributed by atoms with Gasteiger partial charge in [-0.1, -0.05) is 50.6 Å². The number of hydrogen-bond donors (Lipinski definition) is 0. The van der Waals surface area contributed by atoms with E-state index in [1.807, 2.05) is 18.2 Å². The molecule has 3 aromatic rings. The van der Waals surface area contributed by atoms with Crippen molar-refractivity contribution in [3.63, 3.8) is 0 Å². The van der Waals surface area contributed by atoms with E-state index in [1.54, 1.807) is 0 Å². The Morgan fingerprint density at radius 3 is 2.07 bits per heavy atom. The van der Waals surface area contributed by atoms with Crippen molar-refractivity contribution in [1.82, 2.24) is 4.68 Å². The van der Waals surface area contributed by atoms with E-state index in [1.165, 1.54) is 27.9 Å². The summed E-state index contributed by atoms with van der Waals surface area (Å²) in [6, 6.07) is 14.8. The Bertz CT molecular complexity index is 1040. The Hall–Kier alpha value is -2.86. The maximum absolute atomic E-state index is 9.18. The molecule has 1 aromatic heterocycles. The number of rotatable bonds is 4. The van der Waals surface area contributed by atoms with Crippen LogP contribution in [-0.2, 0) is 7.05 Å². The van der Waals surface area contributed by atoms with Crippen molar-refractivity contribution in [3.8, 4) is 22.9 Å². The van der Waals surface area contributed by atoms with Gasteiger partial charge < -0.3 is 0 Å². The molecule has 0 aliphatic rings. The number of benzene rings is 2. The maximum atomic E-state index is 9.18. The molecule has 0 amide bonds. The highest BCUT2D eigenvalue weighted by atomic mass is 15.4. The topological polar surface area (TPSA) is 32.6 Å². The van der Waals surface area contributed by atoms with Crippen molar-refractivity contribution in [2.75, 3.05) is 0 Å². The van der Waals surface area contributed by atoms with Gasteiger partial charge >= 0.3 is 0 Å². The number of aryl methyl sites for hydroxylation is 1.